The summed E-state index contributed by atoms with van der Waals surface area (Å²) in [5.41, 5.74) is 1.27. The number of allylic oxidation sites excluding steroid dienone is 5. The molecule has 26 heavy (non-hydrogen) atoms. The molecule has 0 amide bonds. The summed E-state index contributed by atoms with van der Waals surface area (Å²) in [6.07, 6.45) is 5.70. The molecule has 0 fully saturated rings. The van der Waals surface area contributed by atoms with Gasteiger partial charge < -0.3 is 9.84 Å². The number of phenols is 1. The first-order chi connectivity index (χ1) is 12.2. The Morgan fingerprint density at radius 2 is 2.08 bits per heavy atom. The lowest BCUT2D eigenvalue weighted by atomic mass is 9.53. The van der Waals surface area contributed by atoms with E-state index in [1.165, 1.54) is 13.2 Å². The molecule has 2 aliphatic carbocycles. The number of carbonyl (C=O) groups is 2. The molecule has 0 unspecified atom stereocenters. The van der Waals surface area contributed by atoms with Gasteiger partial charge in [0.05, 0.1) is 17.0 Å². The normalized spacial score (nSPS) is 28.2. The second-order valence-electron chi connectivity index (χ2n) is 7.02. The van der Waals surface area contributed by atoms with Crippen molar-refractivity contribution in [1.82, 2.24) is 0 Å². The number of hydrogen-bond donors (Lipinski definition) is 1. The number of hydrogen-bond acceptors (Lipinski definition) is 4. The molecule has 0 bridgehead atoms. The summed E-state index contributed by atoms with van der Waals surface area (Å²) in [7, 11) is 1.48. The van der Waals surface area contributed by atoms with Crippen LogP contribution in [0.2, 0.25) is 0 Å². The molecule has 1 aromatic rings. The Kier molecular flexibility index (Phi) is 4.69. The van der Waals surface area contributed by atoms with Gasteiger partial charge in [0, 0.05) is 11.8 Å². The third-order valence-electron chi connectivity index (χ3n) is 5.64. The Hall–Kier alpha value is -2.14. The quantitative estimate of drug-likeness (QED) is 0.788. The van der Waals surface area contributed by atoms with Crippen LogP contribution in [0.5, 0.6) is 11.5 Å². The van der Waals surface area contributed by atoms with Gasteiger partial charge in [0.25, 0.3) is 0 Å². The number of halogens is 1. The van der Waals surface area contributed by atoms with Gasteiger partial charge in [0.15, 0.2) is 23.1 Å². The summed E-state index contributed by atoms with van der Waals surface area (Å²) >= 11 is 3.35. The first-order valence-corrected chi connectivity index (χ1v) is 9.20. The lowest BCUT2D eigenvalue weighted by Gasteiger charge is -2.47. The van der Waals surface area contributed by atoms with Crippen LogP contribution in [-0.4, -0.2) is 23.8 Å². The summed E-state index contributed by atoms with van der Waals surface area (Å²) in [5, 5.41) is 10.1. The molecule has 1 aromatic carbocycles. The van der Waals surface area contributed by atoms with Crippen LogP contribution in [0.15, 0.2) is 52.6 Å². The Labute approximate surface area is 161 Å². The highest BCUT2D eigenvalue weighted by atomic mass is 79.9. The summed E-state index contributed by atoms with van der Waals surface area (Å²) < 4.78 is 5.75. The van der Waals surface area contributed by atoms with Crippen LogP contribution < -0.4 is 4.74 Å². The van der Waals surface area contributed by atoms with Crippen molar-refractivity contribution in [3.63, 3.8) is 0 Å². The molecule has 3 rings (SSSR count). The van der Waals surface area contributed by atoms with Crippen LogP contribution in [0.25, 0.3) is 0 Å². The monoisotopic (exact) mass is 416 g/mol. The molecule has 136 valence electrons. The largest absolute Gasteiger partial charge is 0.503 e. The SMILES string of the molecule is C=CC1=CC[C@H]2C(=O)C=C(C)C(=O)[C@@]2(C)[C@H]1c1cc(Br)c(O)c(OC)c1. The molecule has 1 N–H and O–H groups in total. The maximum absolute atomic E-state index is 13.2. The van der Waals surface area contributed by atoms with Crippen molar-refractivity contribution < 1.29 is 19.4 Å². The molecule has 2 aliphatic rings. The number of phenolic OH excluding ortho intramolecular Hbond substituents is 1. The number of benzene rings is 1. The number of ketones is 2. The molecule has 0 aliphatic heterocycles. The Morgan fingerprint density at radius 3 is 2.69 bits per heavy atom. The maximum atomic E-state index is 13.2. The fraction of sp³-hybridized carbons (Fsp3) is 0.333. The van der Waals surface area contributed by atoms with E-state index in [-0.39, 0.29) is 23.2 Å². The van der Waals surface area contributed by atoms with Crippen molar-refractivity contribution in [2.75, 3.05) is 7.11 Å². The van der Waals surface area contributed by atoms with Gasteiger partial charge in [-0.2, -0.15) is 0 Å². The highest BCUT2D eigenvalue weighted by molar-refractivity contribution is 9.10. The second-order valence-corrected chi connectivity index (χ2v) is 7.88. The molecule has 0 aromatic heterocycles. The average Bonchev–Trinajstić information content (AvgIpc) is 2.61. The smallest absolute Gasteiger partial charge is 0.172 e. The van der Waals surface area contributed by atoms with E-state index in [2.05, 4.69) is 22.5 Å². The molecule has 0 saturated carbocycles. The minimum absolute atomic E-state index is 0.0000172. The van der Waals surface area contributed by atoms with Gasteiger partial charge >= 0.3 is 0 Å². The van der Waals surface area contributed by atoms with Gasteiger partial charge in [-0.05, 0) is 64.2 Å². The van der Waals surface area contributed by atoms with E-state index in [1.807, 2.05) is 13.0 Å². The van der Waals surface area contributed by atoms with Crippen LogP contribution in [-0.2, 0) is 9.59 Å². The van der Waals surface area contributed by atoms with Crippen LogP contribution in [0.4, 0.5) is 0 Å². The molecule has 0 radical (unpaired) electrons. The first-order valence-electron chi connectivity index (χ1n) is 8.41. The number of aromatic hydroxyl groups is 1. The van der Waals surface area contributed by atoms with Crippen LogP contribution >= 0.6 is 15.9 Å². The van der Waals surface area contributed by atoms with E-state index in [1.54, 1.807) is 25.1 Å². The summed E-state index contributed by atoms with van der Waals surface area (Å²) in [6, 6.07) is 3.50. The third-order valence-corrected chi connectivity index (χ3v) is 6.24. The topological polar surface area (TPSA) is 63.6 Å². The molecule has 4 nitrogen and oxygen atoms in total. The Bertz CT molecular complexity index is 880. The van der Waals surface area contributed by atoms with E-state index in [4.69, 9.17) is 4.74 Å². The summed E-state index contributed by atoms with van der Waals surface area (Å²) in [5.74, 6) is -0.498. The van der Waals surface area contributed by atoms with Gasteiger partial charge in [0.2, 0.25) is 0 Å². The predicted octanol–water partition coefficient (Wildman–Crippen LogP) is 4.48. The van der Waals surface area contributed by atoms with Gasteiger partial charge in [-0.25, -0.2) is 0 Å². The summed E-state index contributed by atoms with van der Waals surface area (Å²) in [4.78, 5) is 25.9. The highest BCUT2D eigenvalue weighted by Crippen LogP contribution is 2.56. The number of carbonyl (C=O) groups excluding carboxylic acids is 2. The van der Waals surface area contributed by atoms with Crippen LogP contribution in [0.3, 0.4) is 0 Å². The van der Waals surface area contributed by atoms with Crippen molar-refractivity contribution in [2.45, 2.75) is 26.2 Å². The zero-order valence-electron chi connectivity index (χ0n) is 15.0. The van der Waals surface area contributed by atoms with Gasteiger partial charge in [-0.15, -0.1) is 0 Å². The van der Waals surface area contributed by atoms with E-state index >= 15 is 0 Å². The minimum Gasteiger partial charge on any atom is -0.503 e. The predicted molar refractivity (Wildman–Crippen MR) is 103 cm³/mol. The molecular formula is C21H21BrO4. The van der Waals surface area contributed by atoms with Gasteiger partial charge in [-0.1, -0.05) is 25.7 Å². The fourth-order valence-electron chi connectivity index (χ4n) is 4.33. The van der Waals surface area contributed by atoms with Crippen molar-refractivity contribution >= 4 is 27.5 Å². The Balaban J connectivity index is 2.27. The van der Waals surface area contributed by atoms with Crippen LogP contribution in [0, 0.1) is 11.3 Å². The van der Waals surface area contributed by atoms with E-state index in [0.29, 0.717) is 22.2 Å². The summed E-state index contributed by atoms with van der Waals surface area (Å²) in [6.45, 7) is 7.46. The molecule has 3 atom stereocenters. The van der Waals surface area contributed by atoms with Crippen LogP contribution in [0.1, 0.15) is 31.7 Å². The fourth-order valence-corrected chi connectivity index (χ4v) is 4.79. The number of methoxy groups -OCH3 is 1. The zero-order chi connectivity index (χ0) is 19.2. The van der Waals surface area contributed by atoms with Crippen molar-refractivity contribution in [3.05, 3.63) is 58.1 Å². The molecule has 0 saturated heterocycles. The molecule has 5 heteroatoms. The highest BCUT2D eigenvalue weighted by Gasteiger charge is 2.55. The third kappa shape index (κ3) is 2.57. The van der Waals surface area contributed by atoms with Gasteiger partial charge in [-0.3, -0.25) is 9.59 Å². The first kappa shape index (κ1) is 18.6. The van der Waals surface area contributed by atoms with E-state index < -0.39 is 11.3 Å². The lowest BCUT2D eigenvalue weighted by molar-refractivity contribution is -0.137. The second kappa shape index (κ2) is 6.54. The maximum Gasteiger partial charge on any atom is 0.172 e. The number of ether oxygens (including phenoxy) is 1. The van der Waals surface area contributed by atoms with E-state index in [9.17, 15) is 14.7 Å². The standard InChI is InChI=1S/C21H21BrO4/c1-5-12-6-7-14-16(23)8-11(2)20(25)21(14,3)18(12)13-9-15(22)19(24)17(10-13)26-4/h5-6,8-10,14,18,24H,1,7H2,2-4H3/t14-,18+,21+/m0/s1. The lowest BCUT2D eigenvalue weighted by Crippen LogP contribution is -2.49. The van der Waals surface area contributed by atoms with E-state index in [0.717, 1.165) is 11.1 Å². The van der Waals surface area contributed by atoms with Crippen molar-refractivity contribution in [3.8, 4) is 11.5 Å². The zero-order valence-corrected chi connectivity index (χ0v) is 16.6. The number of Topliss-reactive ketones (excluding diaryl/α,β-unsaturated/α-hetero) is 1. The van der Waals surface area contributed by atoms with Crippen molar-refractivity contribution in [2.24, 2.45) is 11.3 Å². The van der Waals surface area contributed by atoms with Crippen molar-refractivity contribution in [1.29, 1.82) is 0 Å². The molecule has 0 spiro atoms. The average molecular weight is 417 g/mol. The number of rotatable bonds is 3. The molecule has 0 heterocycles. The minimum atomic E-state index is -0.907. The Morgan fingerprint density at radius 1 is 1.38 bits per heavy atom. The molecular weight excluding hydrogens is 396 g/mol. The number of fused-ring (bicyclic) bond motifs is 1. The van der Waals surface area contributed by atoms with Gasteiger partial charge in [0.1, 0.15) is 0 Å².